The Kier molecular flexibility index (Phi) is 3.93. The maximum absolute atomic E-state index is 3.44. The van der Waals surface area contributed by atoms with Gasteiger partial charge in [-0.05, 0) is 61.7 Å². The van der Waals surface area contributed by atoms with E-state index in [2.05, 4.69) is 60.6 Å². The summed E-state index contributed by atoms with van der Waals surface area (Å²) >= 11 is 0. The smallest absolute Gasteiger partial charge is 0.0370 e. The second kappa shape index (κ2) is 5.84. The van der Waals surface area contributed by atoms with E-state index < -0.39 is 0 Å². The molecule has 0 bridgehead atoms. The van der Waals surface area contributed by atoms with Crippen molar-refractivity contribution in [1.82, 2.24) is 5.32 Å². The predicted octanol–water partition coefficient (Wildman–Crippen LogP) is 3.58. The Morgan fingerprint density at radius 2 is 1.75 bits per heavy atom. The minimum absolute atomic E-state index is 0.829. The van der Waals surface area contributed by atoms with Crippen molar-refractivity contribution in [3.05, 3.63) is 42.0 Å². The van der Waals surface area contributed by atoms with Crippen molar-refractivity contribution < 1.29 is 0 Å². The van der Waals surface area contributed by atoms with E-state index >= 15 is 0 Å². The Balaban J connectivity index is 1.76. The highest BCUT2D eigenvalue weighted by molar-refractivity contribution is 5.86. The minimum atomic E-state index is 0.829. The fourth-order valence-corrected chi connectivity index (χ4v) is 3.15. The summed E-state index contributed by atoms with van der Waals surface area (Å²) in [6, 6.07) is 13.5. The zero-order valence-electron chi connectivity index (χ0n) is 12.5. The molecule has 0 unspecified atom stereocenters. The minimum Gasteiger partial charge on any atom is -0.374 e. The summed E-state index contributed by atoms with van der Waals surface area (Å²) in [5.74, 6) is 0.829. The summed E-state index contributed by atoms with van der Waals surface area (Å²) in [6.45, 7) is 5.67. The van der Waals surface area contributed by atoms with Gasteiger partial charge in [-0.3, -0.25) is 0 Å². The van der Waals surface area contributed by atoms with E-state index in [4.69, 9.17) is 0 Å². The van der Waals surface area contributed by atoms with E-state index in [1.807, 2.05) is 0 Å². The standard InChI is InChI=1S/C18H24N2/c1-14-3-4-17-12-18(6-5-16(17)11-14)20(2)13-15-7-9-19-10-8-15/h3-6,11-12,15,19H,7-10,13H2,1-2H3. The van der Waals surface area contributed by atoms with Gasteiger partial charge >= 0.3 is 0 Å². The lowest BCUT2D eigenvalue weighted by atomic mass is 9.97. The third-order valence-electron chi connectivity index (χ3n) is 4.41. The average molecular weight is 268 g/mol. The SMILES string of the molecule is Cc1ccc2cc(N(C)CC3CCNCC3)ccc2c1. The first-order chi connectivity index (χ1) is 9.72. The van der Waals surface area contributed by atoms with Crippen molar-refractivity contribution in [3.63, 3.8) is 0 Å². The highest BCUT2D eigenvalue weighted by Crippen LogP contribution is 2.24. The van der Waals surface area contributed by atoms with Crippen LogP contribution in [0.5, 0.6) is 0 Å². The van der Waals surface area contributed by atoms with Gasteiger partial charge in [-0.2, -0.15) is 0 Å². The number of benzene rings is 2. The fraction of sp³-hybridized carbons (Fsp3) is 0.444. The number of hydrogen-bond acceptors (Lipinski definition) is 2. The van der Waals surface area contributed by atoms with Crippen LogP contribution in [0.25, 0.3) is 10.8 Å². The molecule has 0 saturated carbocycles. The number of fused-ring (bicyclic) bond motifs is 1. The van der Waals surface area contributed by atoms with Crippen LogP contribution < -0.4 is 10.2 Å². The highest BCUT2D eigenvalue weighted by atomic mass is 15.1. The van der Waals surface area contributed by atoms with Crippen molar-refractivity contribution in [3.8, 4) is 0 Å². The molecule has 0 amide bonds. The van der Waals surface area contributed by atoms with E-state index in [0.29, 0.717) is 0 Å². The largest absolute Gasteiger partial charge is 0.374 e. The molecular weight excluding hydrogens is 244 g/mol. The lowest BCUT2D eigenvalue weighted by molar-refractivity contribution is 0.378. The van der Waals surface area contributed by atoms with E-state index in [9.17, 15) is 0 Å². The first-order valence-corrected chi connectivity index (χ1v) is 7.64. The summed E-state index contributed by atoms with van der Waals surface area (Å²) in [5, 5.41) is 6.11. The predicted molar refractivity (Wildman–Crippen MR) is 87.5 cm³/mol. The van der Waals surface area contributed by atoms with Crippen molar-refractivity contribution in [2.75, 3.05) is 31.6 Å². The quantitative estimate of drug-likeness (QED) is 0.915. The lowest BCUT2D eigenvalue weighted by Crippen LogP contribution is -2.34. The van der Waals surface area contributed by atoms with Crippen LogP contribution in [-0.2, 0) is 0 Å². The van der Waals surface area contributed by atoms with Gasteiger partial charge < -0.3 is 10.2 Å². The third-order valence-corrected chi connectivity index (χ3v) is 4.41. The maximum atomic E-state index is 3.44. The molecule has 1 aliphatic heterocycles. The van der Waals surface area contributed by atoms with Crippen LogP contribution in [0.3, 0.4) is 0 Å². The summed E-state index contributed by atoms with van der Waals surface area (Å²) in [5.41, 5.74) is 2.66. The van der Waals surface area contributed by atoms with Gasteiger partial charge in [0.05, 0.1) is 0 Å². The average Bonchev–Trinajstić information content (AvgIpc) is 2.47. The zero-order chi connectivity index (χ0) is 13.9. The molecule has 0 spiro atoms. The number of nitrogens with zero attached hydrogens (tertiary/aromatic N) is 1. The number of piperidine rings is 1. The van der Waals surface area contributed by atoms with Crippen LogP contribution in [0.4, 0.5) is 5.69 Å². The van der Waals surface area contributed by atoms with E-state index in [1.165, 1.54) is 54.5 Å². The molecule has 1 heterocycles. The zero-order valence-corrected chi connectivity index (χ0v) is 12.5. The first kappa shape index (κ1) is 13.4. The molecule has 1 fully saturated rings. The van der Waals surface area contributed by atoms with Crippen LogP contribution in [0, 0.1) is 12.8 Å². The Morgan fingerprint density at radius 1 is 1.05 bits per heavy atom. The molecule has 0 aromatic heterocycles. The first-order valence-electron chi connectivity index (χ1n) is 7.64. The molecular formula is C18H24N2. The van der Waals surface area contributed by atoms with Crippen molar-refractivity contribution in [1.29, 1.82) is 0 Å². The second-order valence-corrected chi connectivity index (χ2v) is 6.11. The molecule has 1 saturated heterocycles. The Labute approximate surface area is 121 Å². The number of hydrogen-bond donors (Lipinski definition) is 1. The van der Waals surface area contributed by atoms with Gasteiger partial charge in [-0.25, -0.2) is 0 Å². The number of nitrogens with one attached hydrogen (secondary N) is 1. The molecule has 2 aromatic carbocycles. The lowest BCUT2D eigenvalue weighted by Gasteiger charge is -2.29. The van der Waals surface area contributed by atoms with E-state index in [1.54, 1.807) is 0 Å². The molecule has 2 heteroatoms. The summed E-state index contributed by atoms with van der Waals surface area (Å²) in [4.78, 5) is 2.41. The third kappa shape index (κ3) is 2.96. The van der Waals surface area contributed by atoms with E-state index in [0.717, 1.165) is 5.92 Å². The van der Waals surface area contributed by atoms with E-state index in [-0.39, 0.29) is 0 Å². The second-order valence-electron chi connectivity index (χ2n) is 6.11. The molecule has 1 N–H and O–H groups in total. The normalized spacial score (nSPS) is 16.5. The molecule has 1 aliphatic rings. The summed E-state index contributed by atoms with van der Waals surface area (Å²) in [6.07, 6.45) is 2.61. The molecule has 20 heavy (non-hydrogen) atoms. The van der Waals surface area contributed by atoms with Crippen LogP contribution in [0.2, 0.25) is 0 Å². The highest BCUT2D eigenvalue weighted by Gasteiger charge is 2.15. The van der Waals surface area contributed by atoms with Crippen molar-refractivity contribution in [2.45, 2.75) is 19.8 Å². The molecule has 106 valence electrons. The van der Waals surface area contributed by atoms with Crippen LogP contribution in [0.15, 0.2) is 36.4 Å². The van der Waals surface area contributed by atoms with Crippen molar-refractivity contribution in [2.24, 2.45) is 5.92 Å². The number of anilines is 1. The van der Waals surface area contributed by atoms with Gasteiger partial charge in [-0.15, -0.1) is 0 Å². The van der Waals surface area contributed by atoms with Crippen LogP contribution in [0.1, 0.15) is 18.4 Å². The number of rotatable bonds is 3. The summed E-state index contributed by atoms with van der Waals surface area (Å²) in [7, 11) is 2.22. The van der Waals surface area contributed by atoms with Gasteiger partial charge in [0.15, 0.2) is 0 Å². The fourth-order valence-electron chi connectivity index (χ4n) is 3.15. The molecule has 0 radical (unpaired) electrons. The van der Waals surface area contributed by atoms with Gasteiger partial charge in [0.1, 0.15) is 0 Å². The molecule has 2 nitrogen and oxygen atoms in total. The Hall–Kier alpha value is -1.54. The maximum Gasteiger partial charge on any atom is 0.0370 e. The van der Waals surface area contributed by atoms with Gasteiger partial charge in [0.25, 0.3) is 0 Å². The molecule has 0 aliphatic carbocycles. The Morgan fingerprint density at radius 3 is 2.55 bits per heavy atom. The van der Waals surface area contributed by atoms with Crippen LogP contribution in [-0.4, -0.2) is 26.7 Å². The molecule has 2 aromatic rings. The number of aryl methyl sites for hydroxylation is 1. The topological polar surface area (TPSA) is 15.3 Å². The van der Waals surface area contributed by atoms with Gasteiger partial charge in [0, 0.05) is 19.3 Å². The Bertz CT molecular complexity index is 585. The monoisotopic (exact) mass is 268 g/mol. The van der Waals surface area contributed by atoms with Gasteiger partial charge in [0.2, 0.25) is 0 Å². The molecule has 3 rings (SSSR count). The molecule has 0 atom stereocenters. The summed E-state index contributed by atoms with van der Waals surface area (Å²) < 4.78 is 0. The van der Waals surface area contributed by atoms with Crippen LogP contribution >= 0.6 is 0 Å². The van der Waals surface area contributed by atoms with Crippen molar-refractivity contribution >= 4 is 16.5 Å². The van der Waals surface area contributed by atoms with Gasteiger partial charge in [-0.1, -0.05) is 29.8 Å².